The molecule has 33 heavy (non-hydrogen) atoms. The number of fused-ring (bicyclic) bond motifs is 3. The molecule has 0 fully saturated rings. The smallest absolute Gasteiger partial charge is 0.407 e. The van der Waals surface area contributed by atoms with Crippen LogP contribution in [0.3, 0.4) is 0 Å². The van der Waals surface area contributed by atoms with Crippen LogP contribution in [-0.2, 0) is 14.3 Å². The minimum absolute atomic E-state index is 0.0834. The predicted molar refractivity (Wildman–Crippen MR) is 126 cm³/mol. The number of carbonyl (C=O) groups is 3. The number of carbonyl (C=O) groups excluding carboxylic acids is 2. The fourth-order valence-corrected chi connectivity index (χ4v) is 4.28. The lowest BCUT2D eigenvalue weighted by atomic mass is 9.98. The van der Waals surface area contributed by atoms with E-state index in [1.165, 1.54) is 4.90 Å². The molecule has 0 aliphatic heterocycles. The Morgan fingerprint density at radius 2 is 1.55 bits per heavy atom. The van der Waals surface area contributed by atoms with Gasteiger partial charge in [0.25, 0.3) is 0 Å². The van der Waals surface area contributed by atoms with Crippen LogP contribution in [0, 0.1) is 5.92 Å². The number of nitrogens with one attached hydrogen (secondary N) is 1. The monoisotopic (exact) mass is 452 g/mol. The van der Waals surface area contributed by atoms with Crippen molar-refractivity contribution in [1.29, 1.82) is 0 Å². The number of aliphatic carboxylic acids is 1. The van der Waals surface area contributed by atoms with E-state index in [9.17, 15) is 19.5 Å². The highest BCUT2D eigenvalue weighted by Crippen LogP contribution is 2.44. The van der Waals surface area contributed by atoms with Gasteiger partial charge in [0.2, 0.25) is 5.91 Å². The number of hydrogen-bond acceptors (Lipinski definition) is 4. The van der Waals surface area contributed by atoms with Gasteiger partial charge >= 0.3 is 12.1 Å². The molecule has 1 aliphatic carbocycles. The largest absolute Gasteiger partial charge is 0.480 e. The van der Waals surface area contributed by atoms with Gasteiger partial charge in [0.05, 0.1) is 0 Å². The van der Waals surface area contributed by atoms with Gasteiger partial charge in [-0.1, -0.05) is 69.3 Å². The summed E-state index contributed by atoms with van der Waals surface area (Å²) in [4.78, 5) is 38.4. The first kappa shape index (κ1) is 24.3. The Labute approximate surface area is 194 Å². The zero-order chi connectivity index (χ0) is 24.1. The van der Waals surface area contributed by atoms with E-state index < -0.39 is 30.6 Å². The number of hydrogen-bond donors (Lipinski definition) is 2. The Morgan fingerprint density at radius 1 is 1.00 bits per heavy atom. The maximum Gasteiger partial charge on any atom is 0.407 e. The maximum atomic E-state index is 13.1. The molecule has 7 heteroatoms. The highest BCUT2D eigenvalue weighted by Gasteiger charge is 2.33. The van der Waals surface area contributed by atoms with Gasteiger partial charge in [-0.25, -0.2) is 4.79 Å². The molecule has 176 valence electrons. The number of ether oxygens (including phenoxy) is 1. The van der Waals surface area contributed by atoms with Crippen LogP contribution in [0.15, 0.2) is 48.5 Å². The van der Waals surface area contributed by atoms with Crippen molar-refractivity contribution < 1.29 is 24.2 Å². The van der Waals surface area contributed by atoms with Crippen molar-refractivity contribution >= 4 is 18.0 Å². The van der Waals surface area contributed by atoms with Crippen LogP contribution in [0.1, 0.15) is 51.2 Å². The van der Waals surface area contributed by atoms with E-state index in [1.54, 1.807) is 6.92 Å². The van der Waals surface area contributed by atoms with E-state index in [-0.39, 0.29) is 24.5 Å². The van der Waals surface area contributed by atoms with Gasteiger partial charge in [-0.05, 0) is 41.5 Å². The van der Waals surface area contributed by atoms with E-state index in [1.807, 2.05) is 57.2 Å². The van der Waals surface area contributed by atoms with Crippen molar-refractivity contribution in [1.82, 2.24) is 10.2 Å². The molecule has 3 rings (SSSR count). The SMILES string of the molecule is CCC(C)N(CC(=O)O)C(=O)[C@H](NC(=O)OCC1c2ccccc2-c2ccccc21)C(C)C. The first-order chi connectivity index (χ1) is 15.7. The Bertz CT molecular complexity index is 974. The molecule has 0 radical (unpaired) electrons. The summed E-state index contributed by atoms with van der Waals surface area (Å²) in [5, 5.41) is 11.9. The second kappa shape index (κ2) is 10.5. The molecular weight excluding hydrogens is 420 g/mol. The lowest BCUT2D eigenvalue weighted by molar-refractivity contribution is -0.147. The van der Waals surface area contributed by atoms with Crippen LogP contribution >= 0.6 is 0 Å². The molecule has 0 saturated heterocycles. The minimum Gasteiger partial charge on any atom is -0.480 e. The van der Waals surface area contributed by atoms with Crippen LogP contribution in [0.4, 0.5) is 4.79 Å². The number of alkyl carbamates (subject to hydrolysis) is 1. The van der Waals surface area contributed by atoms with Gasteiger partial charge in [0, 0.05) is 12.0 Å². The molecule has 1 aliphatic rings. The molecule has 0 aromatic heterocycles. The van der Waals surface area contributed by atoms with Crippen LogP contribution < -0.4 is 5.32 Å². The molecule has 2 aromatic rings. The van der Waals surface area contributed by atoms with Crippen molar-refractivity contribution in [2.75, 3.05) is 13.2 Å². The van der Waals surface area contributed by atoms with Crippen molar-refractivity contribution in [2.45, 2.75) is 52.1 Å². The summed E-state index contributed by atoms with van der Waals surface area (Å²) in [5.74, 6) is -1.83. The molecule has 1 unspecified atom stereocenters. The number of nitrogens with zero attached hydrogens (tertiary/aromatic N) is 1. The standard InChI is InChI=1S/C26H32N2O5/c1-5-17(4)28(14-23(29)30)25(31)24(16(2)3)27-26(32)33-15-22-20-12-8-6-10-18(20)19-11-7-9-13-21(19)22/h6-13,16-17,22,24H,5,14-15H2,1-4H3,(H,27,32)(H,29,30)/t17?,24-/m1/s1. The van der Waals surface area contributed by atoms with Crippen LogP contribution in [0.5, 0.6) is 0 Å². The van der Waals surface area contributed by atoms with E-state index in [0.29, 0.717) is 6.42 Å². The minimum atomic E-state index is -1.09. The van der Waals surface area contributed by atoms with Gasteiger partial charge in [0.15, 0.2) is 0 Å². The number of rotatable bonds is 9. The molecule has 2 amide bonds. The summed E-state index contributed by atoms with van der Waals surface area (Å²) in [7, 11) is 0. The zero-order valence-electron chi connectivity index (χ0n) is 19.6. The average Bonchev–Trinajstić information content (AvgIpc) is 3.12. The Hall–Kier alpha value is -3.35. The zero-order valence-corrected chi connectivity index (χ0v) is 19.6. The number of benzene rings is 2. The summed E-state index contributed by atoms with van der Waals surface area (Å²) < 4.78 is 5.58. The molecule has 2 N–H and O–H groups in total. The highest BCUT2D eigenvalue weighted by molar-refractivity contribution is 5.88. The normalized spacial score (nSPS) is 14.2. The van der Waals surface area contributed by atoms with Crippen molar-refractivity contribution in [2.24, 2.45) is 5.92 Å². The van der Waals surface area contributed by atoms with Crippen LogP contribution in [-0.4, -0.2) is 53.2 Å². The second-order valence-corrected chi connectivity index (χ2v) is 8.81. The topological polar surface area (TPSA) is 95.9 Å². The summed E-state index contributed by atoms with van der Waals surface area (Å²) in [6, 6.07) is 15.0. The fourth-order valence-electron chi connectivity index (χ4n) is 4.28. The predicted octanol–water partition coefficient (Wildman–Crippen LogP) is 4.26. The number of carboxylic acid groups (broad SMARTS) is 1. The summed E-state index contributed by atoms with van der Waals surface area (Å²) >= 11 is 0. The maximum absolute atomic E-state index is 13.1. The quantitative estimate of drug-likeness (QED) is 0.593. The molecule has 0 heterocycles. The number of amides is 2. The third-order valence-corrected chi connectivity index (χ3v) is 6.26. The van der Waals surface area contributed by atoms with E-state index in [0.717, 1.165) is 22.3 Å². The Balaban J connectivity index is 1.71. The Kier molecular flexibility index (Phi) is 7.74. The van der Waals surface area contributed by atoms with Crippen LogP contribution in [0.2, 0.25) is 0 Å². The molecule has 2 aromatic carbocycles. The third kappa shape index (κ3) is 5.35. The summed E-state index contributed by atoms with van der Waals surface area (Å²) in [6.45, 7) is 7.03. The summed E-state index contributed by atoms with van der Waals surface area (Å²) in [6.07, 6.45) is -0.0854. The second-order valence-electron chi connectivity index (χ2n) is 8.81. The van der Waals surface area contributed by atoms with Crippen LogP contribution in [0.25, 0.3) is 11.1 Å². The van der Waals surface area contributed by atoms with E-state index >= 15 is 0 Å². The van der Waals surface area contributed by atoms with E-state index in [2.05, 4.69) is 17.4 Å². The first-order valence-electron chi connectivity index (χ1n) is 11.4. The van der Waals surface area contributed by atoms with Gasteiger partial charge in [0.1, 0.15) is 19.2 Å². The highest BCUT2D eigenvalue weighted by atomic mass is 16.5. The molecule has 7 nitrogen and oxygen atoms in total. The van der Waals surface area contributed by atoms with Crippen molar-refractivity contribution in [3.63, 3.8) is 0 Å². The summed E-state index contributed by atoms with van der Waals surface area (Å²) in [5.41, 5.74) is 4.48. The number of carboxylic acids is 1. The lowest BCUT2D eigenvalue weighted by Gasteiger charge is -2.32. The Morgan fingerprint density at radius 3 is 2.03 bits per heavy atom. The van der Waals surface area contributed by atoms with Crippen molar-refractivity contribution in [3.05, 3.63) is 59.7 Å². The van der Waals surface area contributed by atoms with E-state index in [4.69, 9.17) is 4.74 Å². The lowest BCUT2D eigenvalue weighted by Crippen LogP contribution is -2.54. The van der Waals surface area contributed by atoms with Gasteiger partial charge < -0.3 is 20.1 Å². The molecule has 0 spiro atoms. The van der Waals surface area contributed by atoms with Gasteiger partial charge in [-0.3, -0.25) is 9.59 Å². The average molecular weight is 453 g/mol. The first-order valence-corrected chi connectivity index (χ1v) is 11.4. The third-order valence-electron chi connectivity index (χ3n) is 6.26. The van der Waals surface area contributed by atoms with Gasteiger partial charge in [-0.2, -0.15) is 0 Å². The molecule has 0 bridgehead atoms. The molecule has 2 atom stereocenters. The fraction of sp³-hybridized carbons (Fsp3) is 0.423. The molecular formula is C26H32N2O5. The molecule has 0 saturated carbocycles. The van der Waals surface area contributed by atoms with Crippen molar-refractivity contribution in [3.8, 4) is 11.1 Å². The van der Waals surface area contributed by atoms with Gasteiger partial charge in [-0.15, -0.1) is 0 Å².